The number of hydrogen-bond acceptors (Lipinski definition) is 4. The molecule has 5 rings (SSSR count). The lowest BCUT2D eigenvalue weighted by Gasteiger charge is -2.23. The van der Waals surface area contributed by atoms with Crippen LogP contribution in [0.3, 0.4) is 0 Å². The van der Waals surface area contributed by atoms with Gasteiger partial charge < -0.3 is 19.8 Å². The number of carboxylic acid groups (broad SMARTS) is 2. The largest absolute Gasteiger partial charge is 0.481 e. The van der Waals surface area contributed by atoms with Crippen molar-refractivity contribution >= 4 is 18.0 Å². The summed E-state index contributed by atoms with van der Waals surface area (Å²) in [5.74, 6) is -4.65. The fraction of sp³-hybridized carbons (Fsp3) is 0.348. The van der Waals surface area contributed by atoms with Crippen LogP contribution in [0.15, 0.2) is 48.5 Å². The van der Waals surface area contributed by atoms with Gasteiger partial charge in [-0.1, -0.05) is 48.5 Å². The van der Waals surface area contributed by atoms with Crippen molar-refractivity contribution < 1.29 is 29.3 Å². The monoisotopic (exact) mass is 407 g/mol. The van der Waals surface area contributed by atoms with Gasteiger partial charge in [0.15, 0.2) is 0 Å². The molecule has 0 radical (unpaired) electrons. The van der Waals surface area contributed by atoms with Gasteiger partial charge in [0, 0.05) is 18.0 Å². The summed E-state index contributed by atoms with van der Waals surface area (Å²) in [5.41, 5.74) is 4.41. The Kier molecular flexibility index (Phi) is 4.27. The van der Waals surface area contributed by atoms with E-state index in [1.165, 1.54) is 4.90 Å². The highest BCUT2D eigenvalue weighted by Crippen LogP contribution is 2.47. The molecule has 2 bridgehead atoms. The average molecular weight is 407 g/mol. The van der Waals surface area contributed by atoms with Crippen LogP contribution in [0.4, 0.5) is 4.79 Å². The van der Waals surface area contributed by atoms with Crippen LogP contribution >= 0.6 is 0 Å². The Morgan fingerprint density at radius 1 is 0.833 bits per heavy atom. The van der Waals surface area contributed by atoms with Crippen molar-refractivity contribution in [1.29, 1.82) is 0 Å². The summed E-state index contributed by atoms with van der Waals surface area (Å²) in [6.45, 7) is 0.123. The Morgan fingerprint density at radius 2 is 1.30 bits per heavy atom. The smallest absolute Gasteiger partial charge is 0.410 e. The molecule has 2 fully saturated rings. The second-order valence-electron chi connectivity index (χ2n) is 8.15. The molecule has 2 aromatic rings. The number of fused-ring (bicyclic) bond motifs is 5. The molecule has 2 N–H and O–H groups in total. The number of rotatable bonds is 4. The third-order valence-electron chi connectivity index (χ3n) is 6.81. The molecule has 2 saturated heterocycles. The van der Waals surface area contributed by atoms with Gasteiger partial charge in [0.2, 0.25) is 0 Å². The minimum atomic E-state index is -1.17. The lowest BCUT2D eigenvalue weighted by Crippen LogP contribution is -2.38. The van der Waals surface area contributed by atoms with E-state index in [1.54, 1.807) is 0 Å². The summed E-state index contributed by atoms with van der Waals surface area (Å²) in [6, 6.07) is 14.7. The Hall–Kier alpha value is -3.35. The van der Waals surface area contributed by atoms with Crippen LogP contribution in [-0.4, -0.2) is 51.8 Å². The molecule has 0 aromatic heterocycles. The first kappa shape index (κ1) is 18.7. The third-order valence-corrected chi connectivity index (χ3v) is 6.81. The number of hydrogen-bond donors (Lipinski definition) is 2. The molecule has 0 unspecified atom stereocenters. The van der Waals surface area contributed by atoms with Crippen molar-refractivity contribution in [2.45, 2.75) is 30.8 Å². The van der Waals surface area contributed by atoms with E-state index in [4.69, 9.17) is 4.74 Å². The third kappa shape index (κ3) is 2.61. The summed E-state index contributed by atoms with van der Waals surface area (Å²) in [4.78, 5) is 37.7. The number of aliphatic carboxylic acids is 2. The van der Waals surface area contributed by atoms with Crippen molar-refractivity contribution in [1.82, 2.24) is 4.90 Å². The van der Waals surface area contributed by atoms with Crippen molar-refractivity contribution in [3.63, 3.8) is 0 Å². The predicted molar refractivity (Wildman–Crippen MR) is 106 cm³/mol. The van der Waals surface area contributed by atoms with Gasteiger partial charge in [-0.05, 0) is 35.1 Å². The normalized spacial score (nSPS) is 26.3. The van der Waals surface area contributed by atoms with Crippen LogP contribution in [0.1, 0.15) is 29.9 Å². The predicted octanol–water partition coefficient (Wildman–Crippen LogP) is 3.18. The van der Waals surface area contributed by atoms with Gasteiger partial charge in [-0.2, -0.15) is 0 Å². The van der Waals surface area contributed by atoms with Gasteiger partial charge >= 0.3 is 18.0 Å². The van der Waals surface area contributed by atoms with Crippen molar-refractivity contribution in [3.8, 4) is 11.1 Å². The standard InChI is InChI=1S/C23H21NO6/c25-21(26)19-17-9-10-18(20(19)22(27)28)24(17)23(29)30-11-16-14-7-3-1-5-12(14)13-6-2-4-8-15(13)16/h1-8,16-20H,9-11H2,(H,25,26)(H,27,28)/t17-,18+,19+,20-. The van der Waals surface area contributed by atoms with Crippen LogP contribution in [0.25, 0.3) is 11.1 Å². The van der Waals surface area contributed by atoms with E-state index in [2.05, 4.69) is 0 Å². The molecular formula is C23H21NO6. The maximum absolute atomic E-state index is 12.9. The topological polar surface area (TPSA) is 104 Å². The molecule has 0 spiro atoms. The Morgan fingerprint density at radius 3 is 1.77 bits per heavy atom. The fourth-order valence-electron chi connectivity index (χ4n) is 5.63. The number of carbonyl (C=O) groups is 3. The number of benzene rings is 2. The molecule has 1 aliphatic carbocycles. The zero-order chi connectivity index (χ0) is 21.0. The van der Waals surface area contributed by atoms with E-state index in [0.29, 0.717) is 12.8 Å². The van der Waals surface area contributed by atoms with Gasteiger partial charge in [-0.25, -0.2) is 4.79 Å². The van der Waals surface area contributed by atoms with Gasteiger partial charge in [-0.3, -0.25) is 9.59 Å². The summed E-state index contributed by atoms with van der Waals surface area (Å²) in [6.07, 6.45) is 0.338. The summed E-state index contributed by atoms with van der Waals surface area (Å²) >= 11 is 0. The highest BCUT2D eigenvalue weighted by molar-refractivity contribution is 5.85. The Labute approximate surface area is 172 Å². The van der Waals surface area contributed by atoms with Crippen LogP contribution < -0.4 is 0 Å². The Balaban J connectivity index is 1.37. The van der Waals surface area contributed by atoms with Crippen LogP contribution in [0, 0.1) is 11.8 Å². The van der Waals surface area contributed by atoms with Crippen LogP contribution in [0.2, 0.25) is 0 Å². The van der Waals surface area contributed by atoms with Crippen molar-refractivity contribution in [2.75, 3.05) is 6.61 Å². The minimum absolute atomic E-state index is 0.104. The van der Waals surface area contributed by atoms with E-state index < -0.39 is 42.0 Å². The van der Waals surface area contributed by atoms with Gasteiger partial charge in [0.25, 0.3) is 0 Å². The lowest BCUT2D eigenvalue weighted by molar-refractivity contribution is -0.154. The number of carboxylic acids is 2. The first-order valence-electron chi connectivity index (χ1n) is 10.1. The molecule has 7 nitrogen and oxygen atoms in total. The SMILES string of the molecule is O=C(O)[C@@H]1[C@H](C(=O)O)[C@@H]2CC[C@H]1N2C(=O)OCC1c2ccccc2-c2ccccc21. The molecule has 1 amide bonds. The maximum Gasteiger partial charge on any atom is 0.410 e. The number of ether oxygens (including phenoxy) is 1. The maximum atomic E-state index is 12.9. The molecule has 0 saturated carbocycles. The van der Waals surface area contributed by atoms with E-state index in [-0.39, 0.29) is 12.5 Å². The summed E-state index contributed by atoms with van der Waals surface area (Å²) in [7, 11) is 0. The van der Waals surface area contributed by atoms with Crippen molar-refractivity contribution in [3.05, 3.63) is 59.7 Å². The van der Waals surface area contributed by atoms with Gasteiger partial charge in [0.05, 0.1) is 11.8 Å². The molecule has 4 atom stereocenters. The zero-order valence-corrected chi connectivity index (χ0v) is 16.1. The van der Waals surface area contributed by atoms with Crippen LogP contribution in [0.5, 0.6) is 0 Å². The second-order valence-corrected chi connectivity index (χ2v) is 8.15. The molecule has 3 aliphatic rings. The van der Waals surface area contributed by atoms with E-state index >= 15 is 0 Å². The number of amides is 1. The average Bonchev–Trinajstić information content (AvgIpc) is 3.40. The molecule has 7 heteroatoms. The number of carbonyl (C=O) groups excluding carboxylic acids is 1. The first-order chi connectivity index (χ1) is 14.5. The molecular weight excluding hydrogens is 386 g/mol. The van der Waals surface area contributed by atoms with Gasteiger partial charge in [0.1, 0.15) is 6.61 Å². The molecule has 154 valence electrons. The highest BCUT2D eigenvalue weighted by atomic mass is 16.6. The zero-order valence-electron chi connectivity index (χ0n) is 16.1. The molecule has 2 aliphatic heterocycles. The molecule has 30 heavy (non-hydrogen) atoms. The number of nitrogens with zero attached hydrogens (tertiary/aromatic N) is 1. The van der Waals surface area contributed by atoms with E-state index in [9.17, 15) is 24.6 Å². The van der Waals surface area contributed by atoms with Crippen LogP contribution in [-0.2, 0) is 14.3 Å². The minimum Gasteiger partial charge on any atom is -0.481 e. The molecule has 2 heterocycles. The van der Waals surface area contributed by atoms with E-state index in [0.717, 1.165) is 22.3 Å². The quantitative estimate of drug-likeness (QED) is 0.807. The summed E-state index contributed by atoms with van der Waals surface area (Å²) in [5, 5.41) is 19.1. The lowest BCUT2D eigenvalue weighted by atomic mass is 9.79. The fourth-order valence-corrected chi connectivity index (χ4v) is 5.63. The summed E-state index contributed by atoms with van der Waals surface area (Å²) < 4.78 is 5.66. The van der Waals surface area contributed by atoms with Gasteiger partial charge in [-0.15, -0.1) is 0 Å². The highest BCUT2D eigenvalue weighted by Gasteiger charge is 2.61. The van der Waals surface area contributed by atoms with Crippen molar-refractivity contribution in [2.24, 2.45) is 11.8 Å². The first-order valence-corrected chi connectivity index (χ1v) is 10.1. The second kappa shape index (κ2) is 6.86. The Bertz CT molecular complexity index is 976. The molecule has 2 aromatic carbocycles. The van der Waals surface area contributed by atoms with E-state index in [1.807, 2.05) is 48.5 Å².